The number of hydrogen-bond acceptors (Lipinski definition) is 0. The van der Waals surface area contributed by atoms with E-state index in [1.54, 1.807) is 0 Å². The first-order chi connectivity index (χ1) is 3.89. The summed E-state index contributed by atoms with van der Waals surface area (Å²) in [5.74, 6) is 0. The Morgan fingerprint density at radius 1 is 1.75 bits per heavy atom. The fourth-order valence-electron chi connectivity index (χ4n) is 0.564. The van der Waals surface area contributed by atoms with Crippen molar-refractivity contribution in [3.05, 3.63) is 42.9 Å². The molecule has 0 spiro atoms. The lowest BCUT2D eigenvalue weighted by Gasteiger charge is -1.85. The summed E-state index contributed by atoms with van der Waals surface area (Å²) >= 11 is 0. The molecule has 0 aromatic rings. The molecule has 0 heterocycles. The van der Waals surface area contributed by atoms with Crippen LogP contribution in [0.4, 0.5) is 0 Å². The van der Waals surface area contributed by atoms with Gasteiger partial charge in [-0.2, -0.15) is 0 Å². The predicted molar refractivity (Wildman–Crippen MR) is 35.0 cm³/mol. The summed E-state index contributed by atoms with van der Waals surface area (Å²) < 4.78 is 0. The highest BCUT2D eigenvalue weighted by Crippen LogP contribution is 2.04. The number of rotatable bonds is 0. The van der Waals surface area contributed by atoms with Crippen LogP contribution in [-0.2, 0) is 0 Å². The van der Waals surface area contributed by atoms with Gasteiger partial charge in [-0.3, -0.25) is 0 Å². The van der Waals surface area contributed by atoms with Crippen LogP contribution in [0.15, 0.2) is 30.4 Å². The van der Waals surface area contributed by atoms with Gasteiger partial charge in [-0.15, -0.1) is 0 Å². The van der Waals surface area contributed by atoms with Gasteiger partial charge in [-0.1, -0.05) is 36.8 Å². The van der Waals surface area contributed by atoms with Crippen LogP contribution in [0.1, 0.15) is 6.42 Å². The van der Waals surface area contributed by atoms with Gasteiger partial charge in [-0.05, 0) is 12.5 Å². The summed E-state index contributed by atoms with van der Waals surface area (Å²) in [7, 11) is 0. The molecule has 0 N–H and O–H groups in total. The molecule has 0 aliphatic heterocycles. The Balaban J connectivity index is 2.61. The van der Waals surface area contributed by atoms with Crippen molar-refractivity contribution in [1.29, 1.82) is 0 Å². The van der Waals surface area contributed by atoms with E-state index in [1.165, 1.54) is 0 Å². The van der Waals surface area contributed by atoms with Gasteiger partial charge >= 0.3 is 0 Å². The van der Waals surface area contributed by atoms with Crippen LogP contribution in [0, 0.1) is 12.5 Å². The first kappa shape index (κ1) is 5.23. The van der Waals surface area contributed by atoms with Gasteiger partial charge < -0.3 is 0 Å². The van der Waals surface area contributed by atoms with Crippen molar-refractivity contribution in [3.8, 4) is 0 Å². The largest absolute Gasteiger partial charge is 0.0955 e. The van der Waals surface area contributed by atoms with E-state index in [2.05, 4.69) is 12.7 Å². The number of hydrogen-bond donors (Lipinski definition) is 0. The zero-order valence-corrected chi connectivity index (χ0v) is 4.72. The van der Waals surface area contributed by atoms with Gasteiger partial charge in [0.1, 0.15) is 0 Å². The van der Waals surface area contributed by atoms with Crippen LogP contribution in [-0.4, -0.2) is 0 Å². The molecule has 0 amide bonds. The fraction of sp³-hybridized carbons (Fsp3) is 0.125. The molecule has 1 aliphatic rings. The maximum absolute atomic E-state index is 3.78. The minimum absolute atomic E-state index is 0.868. The molecular formula is C8H8. The van der Waals surface area contributed by atoms with E-state index in [9.17, 15) is 0 Å². The highest BCUT2D eigenvalue weighted by molar-refractivity contribution is 5.24. The summed E-state index contributed by atoms with van der Waals surface area (Å²) in [5.41, 5.74) is 1.12. The summed E-state index contributed by atoms with van der Waals surface area (Å²) in [6.07, 6.45) is 11.8. The molecule has 0 nitrogen and oxygen atoms in total. The lowest BCUT2D eigenvalue weighted by molar-refractivity contribution is 1.27. The summed E-state index contributed by atoms with van der Waals surface area (Å²) in [5, 5.41) is 0. The van der Waals surface area contributed by atoms with E-state index >= 15 is 0 Å². The second kappa shape index (κ2) is 2.41. The summed E-state index contributed by atoms with van der Waals surface area (Å²) in [6, 6.07) is 0. The van der Waals surface area contributed by atoms with E-state index in [1.807, 2.05) is 24.6 Å². The molecule has 0 aromatic heterocycles. The van der Waals surface area contributed by atoms with Crippen LogP contribution < -0.4 is 0 Å². The van der Waals surface area contributed by atoms with E-state index in [4.69, 9.17) is 0 Å². The lowest BCUT2D eigenvalue weighted by Crippen LogP contribution is -1.66. The standard InChI is InChI=1S/C8H8/c1-8-6-4-2-3-5-7-8/h2-4,6H,1,7H2. The van der Waals surface area contributed by atoms with Crippen molar-refractivity contribution < 1.29 is 0 Å². The Morgan fingerprint density at radius 2 is 2.62 bits per heavy atom. The third-order valence-electron chi connectivity index (χ3n) is 0.986. The molecule has 0 aromatic carbocycles. The zero-order valence-electron chi connectivity index (χ0n) is 4.72. The predicted octanol–water partition coefficient (Wildman–Crippen LogP) is 2.07. The molecule has 1 rings (SSSR count). The van der Waals surface area contributed by atoms with Crippen LogP contribution in [0.25, 0.3) is 0 Å². The van der Waals surface area contributed by atoms with Crippen LogP contribution >= 0.6 is 0 Å². The molecule has 0 radical (unpaired) electrons. The van der Waals surface area contributed by atoms with Crippen molar-refractivity contribution >= 4 is 0 Å². The van der Waals surface area contributed by atoms with E-state index in [0.29, 0.717) is 0 Å². The van der Waals surface area contributed by atoms with Gasteiger partial charge in [0.05, 0.1) is 0 Å². The van der Waals surface area contributed by atoms with Gasteiger partial charge in [0, 0.05) is 0 Å². The Hall–Kier alpha value is -0.910. The summed E-state index contributed by atoms with van der Waals surface area (Å²) in [6.45, 7) is 3.78. The quantitative estimate of drug-likeness (QED) is 0.413. The smallest absolute Gasteiger partial charge is 0.00288 e. The maximum Gasteiger partial charge on any atom is -0.00288 e. The molecule has 1 aliphatic carbocycles. The van der Waals surface area contributed by atoms with Crippen molar-refractivity contribution in [2.45, 2.75) is 6.42 Å². The Kier molecular flexibility index (Phi) is 1.58. The molecule has 0 bridgehead atoms. The van der Waals surface area contributed by atoms with Gasteiger partial charge in [0.15, 0.2) is 0 Å². The molecule has 0 saturated heterocycles. The van der Waals surface area contributed by atoms with Gasteiger partial charge in [-0.25, -0.2) is 0 Å². The molecule has 40 valence electrons. The topological polar surface area (TPSA) is 0 Å². The van der Waals surface area contributed by atoms with Crippen LogP contribution in [0.3, 0.4) is 0 Å². The average molecular weight is 104 g/mol. The van der Waals surface area contributed by atoms with Crippen molar-refractivity contribution in [1.82, 2.24) is 0 Å². The monoisotopic (exact) mass is 104 g/mol. The summed E-state index contributed by atoms with van der Waals surface area (Å²) in [4.78, 5) is 0. The molecule has 0 fully saturated rings. The SMILES string of the molecule is C=C1C=C[CH+]C=[C-]C1. The Morgan fingerprint density at radius 3 is 3.50 bits per heavy atom. The molecule has 0 atom stereocenters. The highest BCUT2D eigenvalue weighted by atomic mass is 13.9. The Labute approximate surface area is 50.2 Å². The van der Waals surface area contributed by atoms with Gasteiger partial charge in [0.2, 0.25) is 0 Å². The second-order valence-electron chi connectivity index (χ2n) is 1.76. The first-order valence-electron chi connectivity index (χ1n) is 2.64. The highest BCUT2D eigenvalue weighted by Gasteiger charge is 1.86. The van der Waals surface area contributed by atoms with E-state index in [-0.39, 0.29) is 0 Å². The average Bonchev–Trinajstić information content (AvgIpc) is 1.94. The minimum atomic E-state index is 0.868. The minimum Gasteiger partial charge on any atom is -0.0955 e. The molecule has 8 heavy (non-hydrogen) atoms. The molecule has 0 unspecified atom stereocenters. The molecular weight excluding hydrogens is 96.1 g/mol. The Bertz CT molecular complexity index is 138. The molecule has 0 heteroatoms. The number of allylic oxidation sites excluding steroid dienone is 5. The second-order valence-corrected chi connectivity index (χ2v) is 1.76. The fourth-order valence-corrected chi connectivity index (χ4v) is 0.564. The van der Waals surface area contributed by atoms with E-state index in [0.717, 1.165) is 12.0 Å². The van der Waals surface area contributed by atoms with Crippen molar-refractivity contribution in [2.24, 2.45) is 0 Å². The van der Waals surface area contributed by atoms with Crippen molar-refractivity contribution in [2.75, 3.05) is 0 Å². The normalized spacial score (nSPS) is 17.8. The van der Waals surface area contributed by atoms with E-state index < -0.39 is 0 Å². The van der Waals surface area contributed by atoms with Crippen molar-refractivity contribution in [3.63, 3.8) is 0 Å². The first-order valence-corrected chi connectivity index (χ1v) is 2.64. The van der Waals surface area contributed by atoms with Crippen LogP contribution in [0.5, 0.6) is 0 Å². The lowest BCUT2D eigenvalue weighted by atomic mass is 10.2. The third kappa shape index (κ3) is 1.30. The van der Waals surface area contributed by atoms with Gasteiger partial charge in [0.25, 0.3) is 0 Å². The third-order valence-corrected chi connectivity index (χ3v) is 0.986. The maximum atomic E-state index is 3.78. The molecule has 0 saturated carbocycles. The zero-order chi connectivity index (χ0) is 5.82. The van der Waals surface area contributed by atoms with Crippen LogP contribution in [0.2, 0.25) is 0 Å².